The highest BCUT2D eigenvalue weighted by Crippen LogP contribution is 2.54. The van der Waals surface area contributed by atoms with E-state index in [1.165, 1.54) is 93.4 Å². The van der Waals surface area contributed by atoms with Crippen molar-refractivity contribution in [2.45, 2.75) is 19.3 Å². The SMILES string of the molecule is CC1(C)c2ccccc2-c2cccc(-c3ccccc3N(c3ccc(-c4cccc5c4ccc4ccccc45)cc3)c3cccc(-c4ccc5c6ccccc6n(-c6ccccc6)c5c4)c3)c21. The maximum Gasteiger partial charge on any atom is 0.0547 e. The Morgan fingerprint density at radius 3 is 1.81 bits per heavy atom. The van der Waals surface area contributed by atoms with Gasteiger partial charge in [-0.05, 0) is 126 Å². The molecule has 0 atom stereocenters. The van der Waals surface area contributed by atoms with Crippen LogP contribution in [0.5, 0.6) is 0 Å². The number of aromatic nitrogens is 1. The maximum absolute atomic E-state index is 2.47. The molecular formula is C65H46N2. The summed E-state index contributed by atoms with van der Waals surface area (Å²) < 4.78 is 2.40. The molecule has 1 heterocycles. The fourth-order valence-electron chi connectivity index (χ4n) is 11.3. The van der Waals surface area contributed by atoms with Gasteiger partial charge in [0, 0.05) is 38.8 Å². The molecule has 0 spiro atoms. The third kappa shape index (κ3) is 6.18. The van der Waals surface area contributed by atoms with E-state index >= 15 is 0 Å². The summed E-state index contributed by atoms with van der Waals surface area (Å²) in [5, 5.41) is 7.57. The van der Waals surface area contributed by atoms with Crippen LogP contribution in [0.25, 0.3) is 93.5 Å². The molecule has 1 aliphatic carbocycles. The molecule has 0 N–H and O–H groups in total. The van der Waals surface area contributed by atoms with Crippen LogP contribution in [0, 0.1) is 0 Å². The van der Waals surface area contributed by atoms with Crippen LogP contribution in [-0.4, -0.2) is 4.57 Å². The average Bonchev–Trinajstić information content (AvgIpc) is 3.85. The van der Waals surface area contributed by atoms with Crippen molar-refractivity contribution in [3.05, 3.63) is 254 Å². The smallest absolute Gasteiger partial charge is 0.0547 e. The van der Waals surface area contributed by atoms with E-state index in [2.05, 4.69) is 266 Å². The summed E-state index contributed by atoms with van der Waals surface area (Å²) in [6.07, 6.45) is 0. The van der Waals surface area contributed by atoms with Gasteiger partial charge in [0.25, 0.3) is 0 Å². The van der Waals surface area contributed by atoms with Gasteiger partial charge in [0.05, 0.1) is 16.7 Å². The van der Waals surface area contributed by atoms with Gasteiger partial charge in [-0.15, -0.1) is 0 Å². The molecule has 316 valence electrons. The molecule has 0 radical (unpaired) electrons. The minimum absolute atomic E-state index is 0.174. The third-order valence-electron chi connectivity index (χ3n) is 14.4. The van der Waals surface area contributed by atoms with Crippen LogP contribution in [0.4, 0.5) is 17.1 Å². The molecule has 0 aliphatic heterocycles. The van der Waals surface area contributed by atoms with Gasteiger partial charge in [-0.25, -0.2) is 0 Å². The van der Waals surface area contributed by atoms with E-state index in [0.717, 1.165) is 28.3 Å². The van der Waals surface area contributed by atoms with Gasteiger partial charge in [-0.2, -0.15) is 0 Å². The molecule has 67 heavy (non-hydrogen) atoms. The van der Waals surface area contributed by atoms with Gasteiger partial charge in [-0.1, -0.05) is 202 Å². The standard InChI is InChI=1S/C65H46N2/c1-65(2)60-30-11-8-23-54(60)58-28-16-29-59(64(58)65)56-25-10-12-31-61(56)66(48-37-33-44(34-38-48)51-26-15-27-52-50-22-7-6-17-43(50)35-39-53(51)52)49-21-14-18-45(41-49)46-36-40-57-55-24-9-13-32-62(55)67(63(57)42-46)47-19-4-3-5-20-47/h3-42H,1-2H3. The summed E-state index contributed by atoms with van der Waals surface area (Å²) in [5.41, 5.74) is 19.3. The topological polar surface area (TPSA) is 8.17 Å². The second kappa shape index (κ2) is 15.3. The predicted molar refractivity (Wildman–Crippen MR) is 284 cm³/mol. The number of rotatable bonds is 7. The van der Waals surface area contributed by atoms with E-state index in [-0.39, 0.29) is 5.41 Å². The Morgan fingerprint density at radius 2 is 0.940 bits per heavy atom. The lowest BCUT2D eigenvalue weighted by Gasteiger charge is -2.30. The molecule has 1 aliphatic rings. The van der Waals surface area contributed by atoms with Crippen LogP contribution >= 0.6 is 0 Å². The third-order valence-corrected chi connectivity index (χ3v) is 14.4. The van der Waals surface area contributed by atoms with Crippen LogP contribution in [-0.2, 0) is 5.41 Å². The molecule has 0 unspecified atom stereocenters. The zero-order valence-electron chi connectivity index (χ0n) is 37.5. The summed E-state index contributed by atoms with van der Waals surface area (Å²) >= 11 is 0. The number of anilines is 3. The van der Waals surface area contributed by atoms with Crippen LogP contribution < -0.4 is 4.90 Å². The second-order valence-corrected chi connectivity index (χ2v) is 18.5. The first-order chi connectivity index (χ1) is 33.0. The van der Waals surface area contributed by atoms with Gasteiger partial charge in [-0.3, -0.25) is 0 Å². The monoisotopic (exact) mass is 854 g/mol. The molecule has 0 fully saturated rings. The molecule has 13 rings (SSSR count). The minimum Gasteiger partial charge on any atom is -0.310 e. The molecule has 0 saturated heterocycles. The van der Waals surface area contributed by atoms with E-state index in [1.54, 1.807) is 0 Å². The summed E-state index contributed by atoms with van der Waals surface area (Å²) in [4.78, 5) is 2.47. The van der Waals surface area contributed by atoms with Gasteiger partial charge < -0.3 is 9.47 Å². The Hall–Kier alpha value is -8.46. The number of hydrogen-bond donors (Lipinski definition) is 0. The summed E-state index contributed by atoms with van der Waals surface area (Å²) in [5.74, 6) is 0. The molecule has 11 aromatic carbocycles. The number of para-hydroxylation sites is 3. The molecule has 0 bridgehead atoms. The quantitative estimate of drug-likeness (QED) is 0.145. The first-order valence-corrected chi connectivity index (χ1v) is 23.3. The van der Waals surface area contributed by atoms with Crippen LogP contribution in [0.15, 0.2) is 243 Å². The van der Waals surface area contributed by atoms with Crippen LogP contribution in [0.2, 0.25) is 0 Å². The van der Waals surface area contributed by atoms with Gasteiger partial charge in [0.15, 0.2) is 0 Å². The normalized spacial score (nSPS) is 12.7. The lowest BCUT2D eigenvalue weighted by Crippen LogP contribution is -2.17. The van der Waals surface area contributed by atoms with Gasteiger partial charge >= 0.3 is 0 Å². The Bertz CT molecular complexity index is 3890. The van der Waals surface area contributed by atoms with Crippen molar-refractivity contribution >= 4 is 60.4 Å². The number of fused-ring (bicyclic) bond motifs is 9. The molecule has 1 aromatic heterocycles. The molecule has 0 amide bonds. The second-order valence-electron chi connectivity index (χ2n) is 18.5. The molecular weight excluding hydrogens is 809 g/mol. The number of hydrogen-bond acceptors (Lipinski definition) is 1. The number of benzene rings is 11. The lowest BCUT2D eigenvalue weighted by molar-refractivity contribution is 0.662. The largest absolute Gasteiger partial charge is 0.310 e. The summed E-state index contributed by atoms with van der Waals surface area (Å²) in [6, 6.07) is 89.4. The van der Waals surface area contributed by atoms with Crippen molar-refractivity contribution in [3.63, 3.8) is 0 Å². The zero-order chi connectivity index (χ0) is 44.6. The van der Waals surface area contributed by atoms with Crippen molar-refractivity contribution in [2.75, 3.05) is 4.90 Å². The van der Waals surface area contributed by atoms with Crippen LogP contribution in [0.3, 0.4) is 0 Å². The highest BCUT2D eigenvalue weighted by atomic mass is 15.1. The van der Waals surface area contributed by atoms with Crippen molar-refractivity contribution < 1.29 is 0 Å². The van der Waals surface area contributed by atoms with E-state index in [9.17, 15) is 0 Å². The molecule has 0 saturated carbocycles. The Labute approximate surface area is 391 Å². The first-order valence-electron chi connectivity index (χ1n) is 23.3. The number of nitrogens with zero attached hydrogens (tertiary/aromatic N) is 2. The van der Waals surface area contributed by atoms with Gasteiger partial charge in [0.1, 0.15) is 0 Å². The fourth-order valence-corrected chi connectivity index (χ4v) is 11.3. The van der Waals surface area contributed by atoms with Gasteiger partial charge in [0.2, 0.25) is 0 Å². The minimum atomic E-state index is -0.174. The molecule has 2 heteroatoms. The Balaban J connectivity index is 0.991. The fraction of sp³-hybridized carbons (Fsp3) is 0.0462. The summed E-state index contributed by atoms with van der Waals surface area (Å²) in [7, 11) is 0. The van der Waals surface area contributed by atoms with Crippen LogP contribution in [0.1, 0.15) is 25.0 Å². The van der Waals surface area contributed by atoms with E-state index in [4.69, 9.17) is 0 Å². The van der Waals surface area contributed by atoms with E-state index in [0.29, 0.717) is 0 Å². The highest BCUT2D eigenvalue weighted by molar-refractivity contribution is 6.12. The molecule has 2 nitrogen and oxygen atoms in total. The molecule has 12 aromatic rings. The Morgan fingerprint density at radius 1 is 0.343 bits per heavy atom. The summed E-state index contributed by atoms with van der Waals surface area (Å²) in [6.45, 7) is 4.77. The van der Waals surface area contributed by atoms with Crippen molar-refractivity contribution in [1.82, 2.24) is 4.57 Å². The first kappa shape index (κ1) is 39.0. The van der Waals surface area contributed by atoms with Crippen molar-refractivity contribution in [1.29, 1.82) is 0 Å². The zero-order valence-corrected chi connectivity index (χ0v) is 37.5. The van der Waals surface area contributed by atoms with E-state index < -0.39 is 0 Å². The van der Waals surface area contributed by atoms with Crippen molar-refractivity contribution in [3.8, 4) is 50.2 Å². The van der Waals surface area contributed by atoms with Crippen molar-refractivity contribution in [2.24, 2.45) is 0 Å². The average molecular weight is 855 g/mol. The lowest BCUT2D eigenvalue weighted by atomic mass is 9.78. The maximum atomic E-state index is 2.47. The highest BCUT2D eigenvalue weighted by Gasteiger charge is 2.38. The Kier molecular flexibility index (Phi) is 8.91. The predicted octanol–water partition coefficient (Wildman–Crippen LogP) is 17.9. The van der Waals surface area contributed by atoms with E-state index in [1.807, 2.05) is 0 Å².